The minimum Gasteiger partial charge on any atom is -0.508 e. The van der Waals surface area contributed by atoms with Crippen LogP contribution in [0.15, 0.2) is 42.5 Å². The van der Waals surface area contributed by atoms with E-state index in [0.29, 0.717) is 12.1 Å². The average molecular weight is 283 g/mol. The fourth-order valence-corrected chi connectivity index (χ4v) is 2.42. The van der Waals surface area contributed by atoms with Gasteiger partial charge in [0.25, 0.3) is 0 Å². The van der Waals surface area contributed by atoms with Crippen LogP contribution in [-0.4, -0.2) is 17.4 Å². The van der Waals surface area contributed by atoms with Crippen molar-refractivity contribution < 1.29 is 9.90 Å². The maximum absolute atomic E-state index is 11.5. The second-order valence-electron chi connectivity index (χ2n) is 5.20. The molecular formula is C18H21NO2. The van der Waals surface area contributed by atoms with E-state index in [4.69, 9.17) is 0 Å². The largest absolute Gasteiger partial charge is 0.508 e. The zero-order valence-corrected chi connectivity index (χ0v) is 12.8. The normalized spacial score (nSPS) is 10.4. The molecule has 0 heterocycles. The molecule has 3 nitrogen and oxygen atoms in total. The first-order valence-electron chi connectivity index (χ1n) is 7.16. The quantitative estimate of drug-likeness (QED) is 0.845. The Kier molecular flexibility index (Phi) is 4.63. The molecule has 0 saturated heterocycles. The molecule has 0 atom stereocenters. The second kappa shape index (κ2) is 6.44. The Morgan fingerprint density at radius 1 is 1.19 bits per heavy atom. The molecule has 0 saturated carbocycles. The fourth-order valence-electron chi connectivity index (χ4n) is 2.42. The van der Waals surface area contributed by atoms with Crippen LogP contribution < -0.4 is 4.90 Å². The van der Waals surface area contributed by atoms with Crippen molar-refractivity contribution in [2.75, 3.05) is 11.4 Å². The Morgan fingerprint density at radius 2 is 1.90 bits per heavy atom. The van der Waals surface area contributed by atoms with E-state index in [9.17, 15) is 9.90 Å². The Bertz CT molecular complexity index is 649. The minimum absolute atomic E-state index is 0.00944. The van der Waals surface area contributed by atoms with Crippen molar-refractivity contribution >= 4 is 11.5 Å². The molecule has 2 aromatic carbocycles. The van der Waals surface area contributed by atoms with Crippen LogP contribution in [0.25, 0.3) is 0 Å². The highest BCUT2D eigenvalue weighted by Crippen LogP contribution is 2.25. The number of Topliss-reactive ketones (excluding diaryl/α,β-unsaturated/α-hetero) is 1. The summed E-state index contributed by atoms with van der Waals surface area (Å²) in [5.74, 6) is 0.238. The van der Waals surface area contributed by atoms with Crippen LogP contribution in [0.1, 0.15) is 35.3 Å². The number of carbonyl (C=O) groups is 1. The van der Waals surface area contributed by atoms with Crippen LogP contribution in [0.2, 0.25) is 0 Å². The van der Waals surface area contributed by atoms with Gasteiger partial charge in [0.1, 0.15) is 5.75 Å². The molecule has 0 aromatic heterocycles. The zero-order valence-electron chi connectivity index (χ0n) is 12.8. The lowest BCUT2D eigenvalue weighted by atomic mass is 10.1. The lowest BCUT2D eigenvalue weighted by molar-refractivity contribution is 0.101. The minimum atomic E-state index is 0.00944. The first kappa shape index (κ1) is 15.1. The number of aryl methyl sites for hydroxylation is 1. The molecular weight excluding hydrogens is 262 g/mol. The van der Waals surface area contributed by atoms with E-state index >= 15 is 0 Å². The van der Waals surface area contributed by atoms with Crippen molar-refractivity contribution in [2.45, 2.75) is 27.3 Å². The van der Waals surface area contributed by atoms with Crippen molar-refractivity contribution in [2.24, 2.45) is 0 Å². The van der Waals surface area contributed by atoms with E-state index in [2.05, 4.69) is 30.9 Å². The van der Waals surface area contributed by atoms with Crippen molar-refractivity contribution in [1.82, 2.24) is 0 Å². The van der Waals surface area contributed by atoms with Gasteiger partial charge in [0.15, 0.2) is 5.78 Å². The van der Waals surface area contributed by atoms with Crippen molar-refractivity contribution in [3.63, 3.8) is 0 Å². The van der Waals surface area contributed by atoms with Gasteiger partial charge in [-0.05, 0) is 50.6 Å². The lowest BCUT2D eigenvalue weighted by Gasteiger charge is -2.25. The molecule has 21 heavy (non-hydrogen) atoms. The molecule has 0 spiro atoms. The van der Waals surface area contributed by atoms with E-state index in [1.807, 2.05) is 12.1 Å². The summed E-state index contributed by atoms with van der Waals surface area (Å²) >= 11 is 0. The first-order chi connectivity index (χ1) is 10.0. The third-order valence-corrected chi connectivity index (χ3v) is 3.69. The molecule has 0 fully saturated rings. The molecule has 0 bridgehead atoms. The van der Waals surface area contributed by atoms with E-state index in [1.54, 1.807) is 18.2 Å². The Morgan fingerprint density at radius 3 is 2.52 bits per heavy atom. The lowest BCUT2D eigenvalue weighted by Crippen LogP contribution is -2.23. The number of hydrogen-bond donors (Lipinski definition) is 1. The molecule has 0 unspecified atom stereocenters. The average Bonchev–Trinajstić information content (AvgIpc) is 2.47. The number of rotatable bonds is 5. The molecule has 1 N–H and O–H groups in total. The SMILES string of the molecule is CCN(Cc1cc(C(C)=O)ccc1O)c1ccccc1C. The van der Waals surface area contributed by atoms with Crippen molar-refractivity contribution in [3.05, 3.63) is 59.2 Å². The number of benzene rings is 2. The number of aromatic hydroxyl groups is 1. The maximum Gasteiger partial charge on any atom is 0.159 e. The molecule has 2 aromatic rings. The monoisotopic (exact) mass is 283 g/mol. The summed E-state index contributed by atoms with van der Waals surface area (Å²) in [7, 11) is 0. The van der Waals surface area contributed by atoms with E-state index in [0.717, 1.165) is 17.8 Å². The van der Waals surface area contributed by atoms with Gasteiger partial charge in [0, 0.05) is 29.9 Å². The Balaban J connectivity index is 2.33. The highest BCUT2D eigenvalue weighted by Gasteiger charge is 2.12. The van der Waals surface area contributed by atoms with Crippen LogP contribution in [0.3, 0.4) is 0 Å². The van der Waals surface area contributed by atoms with Crippen LogP contribution in [-0.2, 0) is 6.54 Å². The number of para-hydroxylation sites is 1. The van der Waals surface area contributed by atoms with E-state index in [-0.39, 0.29) is 11.5 Å². The predicted molar refractivity (Wildman–Crippen MR) is 86.0 cm³/mol. The summed E-state index contributed by atoms with van der Waals surface area (Å²) in [5.41, 5.74) is 3.74. The smallest absolute Gasteiger partial charge is 0.159 e. The Hall–Kier alpha value is -2.29. The van der Waals surface area contributed by atoms with Gasteiger partial charge in [-0.2, -0.15) is 0 Å². The highest BCUT2D eigenvalue weighted by molar-refractivity contribution is 5.94. The van der Waals surface area contributed by atoms with Gasteiger partial charge >= 0.3 is 0 Å². The standard InChI is InChI=1S/C18H21NO2/c1-4-19(17-8-6-5-7-13(17)2)12-16-11-15(14(3)20)9-10-18(16)21/h5-11,21H,4,12H2,1-3H3. The van der Waals surface area contributed by atoms with Gasteiger partial charge in [0.2, 0.25) is 0 Å². The highest BCUT2D eigenvalue weighted by atomic mass is 16.3. The molecule has 0 aliphatic rings. The molecule has 2 rings (SSSR count). The predicted octanol–water partition coefficient (Wildman–Crippen LogP) is 3.93. The maximum atomic E-state index is 11.5. The summed E-state index contributed by atoms with van der Waals surface area (Å²) in [6.45, 7) is 7.10. The van der Waals surface area contributed by atoms with Crippen molar-refractivity contribution in [3.8, 4) is 5.75 Å². The number of phenols is 1. The molecule has 3 heteroatoms. The molecule has 0 radical (unpaired) electrons. The van der Waals surface area contributed by atoms with Gasteiger partial charge in [-0.1, -0.05) is 18.2 Å². The Labute approximate surface area is 125 Å². The number of carbonyl (C=O) groups excluding carboxylic acids is 1. The molecule has 0 amide bonds. The summed E-state index contributed by atoms with van der Waals surface area (Å²) in [4.78, 5) is 13.7. The summed E-state index contributed by atoms with van der Waals surface area (Å²) in [6, 6.07) is 13.2. The number of phenolic OH excluding ortho intramolecular Hbond substituents is 1. The topological polar surface area (TPSA) is 40.5 Å². The summed E-state index contributed by atoms with van der Waals surface area (Å²) < 4.78 is 0. The molecule has 110 valence electrons. The van der Waals surface area contributed by atoms with Gasteiger partial charge in [-0.25, -0.2) is 0 Å². The third kappa shape index (κ3) is 3.43. The van der Waals surface area contributed by atoms with Crippen molar-refractivity contribution in [1.29, 1.82) is 0 Å². The van der Waals surface area contributed by atoms with Crippen LogP contribution in [0, 0.1) is 6.92 Å². The third-order valence-electron chi connectivity index (χ3n) is 3.69. The summed E-state index contributed by atoms with van der Waals surface area (Å²) in [5, 5.41) is 10.0. The van der Waals surface area contributed by atoms with Gasteiger partial charge in [-0.15, -0.1) is 0 Å². The fraction of sp³-hybridized carbons (Fsp3) is 0.278. The zero-order chi connectivity index (χ0) is 15.4. The van der Waals surface area contributed by atoms with E-state index < -0.39 is 0 Å². The number of anilines is 1. The molecule has 0 aliphatic carbocycles. The van der Waals surface area contributed by atoms with E-state index in [1.165, 1.54) is 12.5 Å². The van der Waals surface area contributed by atoms with Crippen LogP contribution in [0.5, 0.6) is 5.75 Å². The number of hydrogen-bond acceptors (Lipinski definition) is 3. The number of ketones is 1. The van der Waals surface area contributed by atoms with Crippen LogP contribution >= 0.6 is 0 Å². The van der Waals surface area contributed by atoms with Crippen LogP contribution in [0.4, 0.5) is 5.69 Å². The first-order valence-corrected chi connectivity index (χ1v) is 7.16. The van der Waals surface area contributed by atoms with Gasteiger partial charge in [-0.3, -0.25) is 4.79 Å². The molecule has 0 aliphatic heterocycles. The van der Waals surface area contributed by atoms with Gasteiger partial charge in [0.05, 0.1) is 0 Å². The summed E-state index contributed by atoms with van der Waals surface area (Å²) in [6.07, 6.45) is 0. The second-order valence-corrected chi connectivity index (χ2v) is 5.20. The van der Waals surface area contributed by atoms with Gasteiger partial charge < -0.3 is 10.0 Å². The number of nitrogens with zero attached hydrogens (tertiary/aromatic N) is 1.